The summed E-state index contributed by atoms with van der Waals surface area (Å²) in [4.78, 5) is 11.1. The van der Waals surface area contributed by atoms with E-state index in [1.165, 1.54) is 28.3 Å². The smallest absolute Gasteiger partial charge is 0.361 e. The summed E-state index contributed by atoms with van der Waals surface area (Å²) >= 11 is 0. The lowest BCUT2D eigenvalue weighted by Crippen LogP contribution is -2.56. The SMILES string of the molecule is CN=C(NCCc1c[nH]c2cccc(C)c12)N1CCN(C(C)C(F)(F)F)CC1.I. The summed E-state index contributed by atoms with van der Waals surface area (Å²) in [7, 11) is 1.71. The zero-order chi connectivity index (χ0) is 20.3. The zero-order valence-corrected chi connectivity index (χ0v) is 19.3. The Labute approximate surface area is 186 Å². The first-order valence-electron chi connectivity index (χ1n) is 9.63. The highest BCUT2D eigenvalue weighted by Crippen LogP contribution is 2.25. The fourth-order valence-electron chi connectivity index (χ4n) is 3.82. The third kappa shape index (κ3) is 5.56. The molecular weight excluding hydrogens is 494 g/mol. The van der Waals surface area contributed by atoms with E-state index in [1.54, 1.807) is 7.05 Å². The van der Waals surface area contributed by atoms with E-state index >= 15 is 0 Å². The van der Waals surface area contributed by atoms with Crippen LogP contribution in [0.15, 0.2) is 29.4 Å². The Morgan fingerprint density at radius 1 is 1.24 bits per heavy atom. The first-order chi connectivity index (χ1) is 13.3. The van der Waals surface area contributed by atoms with E-state index in [-0.39, 0.29) is 24.0 Å². The predicted octanol–water partition coefficient (Wildman–Crippen LogP) is 3.78. The van der Waals surface area contributed by atoms with Gasteiger partial charge in [0.2, 0.25) is 0 Å². The number of aliphatic imine (C=N–C) groups is 1. The quantitative estimate of drug-likeness (QED) is 0.365. The number of fused-ring (bicyclic) bond motifs is 1. The highest BCUT2D eigenvalue weighted by atomic mass is 127. The molecule has 1 aromatic heterocycles. The van der Waals surface area contributed by atoms with Gasteiger partial charge in [-0.25, -0.2) is 0 Å². The predicted molar refractivity (Wildman–Crippen MR) is 122 cm³/mol. The number of hydrogen-bond donors (Lipinski definition) is 2. The largest absolute Gasteiger partial charge is 0.403 e. The van der Waals surface area contributed by atoms with Crippen molar-refractivity contribution in [1.82, 2.24) is 20.1 Å². The van der Waals surface area contributed by atoms with Crippen molar-refractivity contribution in [3.05, 3.63) is 35.5 Å². The second-order valence-corrected chi connectivity index (χ2v) is 7.28. The molecule has 0 saturated carbocycles. The molecule has 1 fully saturated rings. The Balaban J connectivity index is 0.00000300. The first-order valence-corrected chi connectivity index (χ1v) is 9.63. The highest BCUT2D eigenvalue weighted by molar-refractivity contribution is 14.0. The van der Waals surface area contributed by atoms with E-state index in [1.807, 2.05) is 17.2 Å². The van der Waals surface area contributed by atoms with Crippen LogP contribution in [-0.2, 0) is 6.42 Å². The monoisotopic (exact) mass is 523 g/mol. The molecule has 0 spiro atoms. The number of alkyl halides is 3. The number of aromatic nitrogens is 1. The van der Waals surface area contributed by atoms with Crippen LogP contribution >= 0.6 is 24.0 Å². The molecule has 2 N–H and O–H groups in total. The van der Waals surface area contributed by atoms with Crippen LogP contribution in [-0.4, -0.2) is 72.7 Å². The molecule has 1 atom stereocenters. The molecule has 0 aliphatic carbocycles. The van der Waals surface area contributed by atoms with Crippen LogP contribution in [0.5, 0.6) is 0 Å². The molecule has 2 heterocycles. The van der Waals surface area contributed by atoms with Gasteiger partial charge in [0.1, 0.15) is 6.04 Å². The molecular formula is C20H29F3IN5. The molecule has 3 rings (SSSR count). The first kappa shape index (κ1) is 23.8. The molecule has 29 heavy (non-hydrogen) atoms. The van der Waals surface area contributed by atoms with E-state index in [0.29, 0.717) is 32.7 Å². The van der Waals surface area contributed by atoms with Crippen LogP contribution in [0.2, 0.25) is 0 Å². The van der Waals surface area contributed by atoms with Gasteiger partial charge in [-0.15, -0.1) is 24.0 Å². The fraction of sp³-hybridized carbons (Fsp3) is 0.550. The lowest BCUT2D eigenvalue weighted by molar-refractivity contribution is -0.181. The number of nitrogens with zero attached hydrogens (tertiary/aromatic N) is 3. The molecule has 0 bridgehead atoms. The van der Waals surface area contributed by atoms with Crippen LogP contribution in [0, 0.1) is 6.92 Å². The highest BCUT2D eigenvalue weighted by Gasteiger charge is 2.41. The fourth-order valence-corrected chi connectivity index (χ4v) is 3.82. The van der Waals surface area contributed by atoms with Crippen molar-refractivity contribution < 1.29 is 13.2 Å². The van der Waals surface area contributed by atoms with E-state index in [4.69, 9.17) is 0 Å². The standard InChI is InChI=1S/C20H28F3N5.HI/c1-14-5-4-6-17-18(14)16(13-26-17)7-8-25-19(24-3)28-11-9-27(10-12-28)15(2)20(21,22)23;/h4-6,13,15,26H,7-12H2,1-3H3,(H,24,25);1H. The maximum absolute atomic E-state index is 12.9. The lowest BCUT2D eigenvalue weighted by Gasteiger charge is -2.39. The maximum atomic E-state index is 12.9. The van der Waals surface area contributed by atoms with Crippen molar-refractivity contribution in [2.24, 2.45) is 4.99 Å². The summed E-state index contributed by atoms with van der Waals surface area (Å²) in [6.45, 7) is 5.87. The Bertz CT molecular complexity index is 825. The number of benzene rings is 1. The molecule has 2 aromatic rings. The topological polar surface area (TPSA) is 46.7 Å². The van der Waals surface area contributed by atoms with Crippen molar-refractivity contribution in [3.8, 4) is 0 Å². The summed E-state index contributed by atoms with van der Waals surface area (Å²) in [6.07, 6.45) is -1.30. The van der Waals surface area contributed by atoms with E-state index < -0.39 is 12.2 Å². The van der Waals surface area contributed by atoms with Crippen molar-refractivity contribution >= 4 is 40.8 Å². The van der Waals surface area contributed by atoms with Gasteiger partial charge in [-0.2, -0.15) is 13.2 Å². The number of nitrogens with one attached hydrogen (secondary N) is 2. The Morgan fingerprint density at radius 3 is 2.55 bits per heavy atom. The van der Waals surface area contributed by atoms with Gasteiger partial charge in [0, 0.05) is 56.9 Å². The Morgan fingerprint density at radius 2 is 1.93 bits per heavy atom. The van der Waals surface area contributed by atoms with Crippen LogP contribution in [0.3, 0.4) is 0 Å². The summed E-state index contributed by atoms with van der Waals surface area (Å²) < 4.78 is 38.7. The third-order valence-corrected chi connectivity index (χ3v) is 5.52. The average molecular weight is 523 g/mol. The summed E-state index contributed by atoms with van der Waals surface area (Å²) in [5, 5.41) is 4.62. The van der Waals surface area contributed by atoms with Crippen molar-refractivity contribution in [1.29, 1.82) is 0 Å². The minimum Gasteiger partial charge on any atom is -0.361 e. The van der Waals surface area contributed by atoms with Gasteiger partial charge in [0.05, 0.1) is 0 Å². The second-order valence-electron chi connectivity index (χ2n) is 7.28. The molecule has 0 amide bonds. The molecule has 5 nitrogen and oxygen atoms in total. The Kier molecular flexibility index (Phi) is 8.21. The second kappa shape index (κ2) is 10.0. The van der Waals surface area contributed by atoms with Gasteiger partial charge < -0.3 is 15.2 Å². The van der Waals surface area contributed by atoms with E-state index in [9.17, 15) is 13.2 Å². The van der Waals surface area contributed by atoms with Gasteiger partial charge in [0.15, 0.2) is 5.96 Å². The average Bonchev–Trinajstić information content (AvgIpc) is 3.09. The number of aryl methyl sites for hydroxylation is 1. The van der Waals surface area contributed by atoms with Crippen LogP contribution in [0.4, 0.5) is 13.2 Å². The van der Waals surface area contributed by atoms with Crippen molar-refractivity contribution in [2.45, 2.75) is 32.5 Å². The van der Waals surface area contributed by atoms with Gasteiger partial charge in [0.25, 0.3) is 0 Å². The zero-order valence-electron chi connectivity index (χ0n) is 17.0. The number of guanidine groups is 1. The molecule has 0 radical (unpaired) electrons. The molecule has 1 aliphatic rings. The number of hydrogen-bond acceptors (Lipinski definition) is 2. The number of H-pyrrole nitrogens is 1. The van der Waals surface area contributed by atoms with Crippen LogP contribution in [0.25, 0.3) is 10.9 Å². The van der Waals surface area contributed by atoms with Gasteiger partial charge in [-0.05, 0) is 37.5 Å². The molecule has 162 valence electrons. The van der Waals surface area contributed by atoms with Gasteiger partial charge in [-0.1, -0.05) is 12.1 Å². The number of halogens is 4. The summed E-state index contributed by atoms with van der Waals surface area (Å²) in [5.74, 6) is 0.746. The van der Waals surface area contributed by atoms with Crippen LogP contribution in [0.1, 0.15) is 18.1 Å². The van der Waals surface area contributed by atoms with E-state index in [0.717, 1.165) is 17.9 Å². The summed E-state index contributed by atoms with van der Waals surface area (Å²) in [6, 6.07) is 4.81. The lowest BCUT2D eigenvalue weighted by atomic mass is 10.1. The van der Waals surface area contributed by atoms with Crippen LogP contribution < -0.4 is 5.32 Å². The van der Waals surface area contributed by atoms with Gasteiger partial charge in [-0.3, -0.25) is 9.89 Å². The van der Waals surface area contributed by atoms with Crippen molar-refractivity contribution in [2.75, 3.05) is 39.8 Å². The summed E-state index contributed by atoms with van der Waals surface area (Å²) in [5.41, 5.74) is 3.63. The maximum Gasteiger partial charge on any atom is 0.403 e. The molecule has 1 saturated heterocycles. The normalized spacial score (nSPS) is 17.3. The molecule has 1 aromatic carbocycles. The molecule has 9 heteroatoms. The minimum atomic E-state index is -4.18. The molecule has 1 unspecified atom stereocenters. The third-order valence-electron chi connectivity index (χ3n) is 5.52. The number of rotatable bonds is 4. The van der Waals surface area contributed by atoms with Crippen molar-refractivity contribution in [3.63, 3.8) is 0 Å². The van der Waals surface area contributed by atoms with Gasteiger partial charge >= 0.3 is 6.18 Å². The van der Waals surface area contributed by atoms with E-state index in [2.05, 4.69) is 34.3 Å². The number of aromatic amines is 1. The minimum absolute atomic E-state index is 0. The molecule has 1 aliphatic heterocycles. The number of piperazine rings is 1. The Hall–Kier alpha value is -1.49.